The molecule has 1 aromatic rings. The maximum absolute atomic E-state index is 3.46. The van der Waals surface area contributed by atoms with Crippen LogP contribution in [0.25, 0.3) is 0 Å². The quantitative estimate of drug-likeness (QED) is 0.715. The van der Waals surface area contributed by atoms with Crippen LogP contribution >= 0.6 is 11.8 Å². The molecule has 0 saturated carbocycles. The Labute approximate surface area is 110 Å². The summed E-state index contributed by atoms with van der Waals surface area (Å²) in [5.74, 6) is 1.27. The Kier molecular flexibility index (Phi) is 7.13. The van der Waals surface area contributed by atoms with Crippen LogP contribution in [0.4, 0.5) is 5.69 Å². The van der Waals surface area contributed by atoms with E-state index < -0.39 is 0 Å². The molecule has 1 aromatic carbocycles. The van der Waals surface area contributed by atoms with Crippen molar-refractivity contribution in [1.29, 1.82) is 0 Å². The molecule has 0 aliphatic rings. The van der Waals surface area contributed by atoms with Gasteiger partial charge in [0.05, 0.1) is 0 Å². The lowest BCUT2D eigenvalue weighted by Gasteiger charge is -2.11. The fourth-order valence-corrected chi connectivity index (χ4v) is 2.19. The average molecular weight is 252 g/mol. The molecule has 1 N–H and O–H groups in total. The van der Waals surface area contributed by atoms with Crippen molar-refractivity contribution in [3.63, 3.8) is 0 Å². The SMILES string of the molecule is CSCCCCNc1ccc(CN(C)C)cc1. The first-order valence-electron chi connectivity index (χ1n) is 6.19. The number of rotatable bonds is 8. The van der Waals surface area contributed by atoms with E-state index >= 15 is 0 Å². The van der Waals surface area contributed by atoms with Crippen molar-refractivity contribution in [2.24, 2.45) is 0 Å². The summed E-state index contributed by atoms with van der Waals surface area (Å²) in [4.78, 5) is 2.19. The minimum atomic E-state index is 1.01. The van der Waals surface area contributed by atoms with Crippen LogP contribution < -0.4 is 5.32 Å². The number of nitrogens with one attached hydrogen (secondary N) is 1. The van der Waals surface area contributed by atoms with Gasteiger partial charge < -0.3 is 10.2 Å². The summed E-state index contributed by atoms with van der Waals surface area (Å²) in [6, 6.07) is 8.75. The van der Waals surface area contributed by atoms with Crippen molar-refractivity contribution >= 4 is 17.4 Å². The van der Waals surface area contributed by atoms with E-state index in [9.17, 15) is 0 Å². The smallest absolute Gasteiger partial charge is 0.0340 e. The van der Waals surface area contributed by atoms with E-state index in [1.807, 2.05) is 11.8 Å². The maximum atomic E-state index is 3.46. The lowest BCUT2D eigenvalue weighted by Crippen LogP contribution is -2.10. The fraction of sp³-hybridized carbons (Fsp3) is 0.571. The third-order valence-electron chi connectivity index (χ3n) is 2.56. The molecule has 0 atom stereocenters. The second-order valence-electron chi connectivity index (χ2n) is 4.56. The van der Waals surface area contributed by atoms with Crippen molar-refractivity contribution in [3.8, 4) is 0 Å². The molecule has 2 nitrogen and oxygen atoms in total. The lowest BCUT2D eigenvalue weighted by molar-refractivity contribution is 0.402. The summed E-state index contributed by atoms with van der Waals surface area (Å²) in [7, 11) is 4.19. The normalized spacial score (nSPS) is 10.8. The van der Waals surface area contributed by atoms with Gasteiger partial charge in [-0.25, -0.2) is 0 Å². The van der Waals surface area contributed by atoms with E-state index in [-0.39, 0.29) is 0 Å². The molecule has 0 radical (unpaired) electrons. The van der Waals surface area contributed by atoms with Gasteiger partial charge in [0.25, 0.3) is 0 Å². The Hall–Kier alpha value is -0.670. The maximum Gasteiger partial charge on any atom is 0.0340 e. The van der Waals surface area contributed by atoms with Crippen LogP contribution in [0.5, 0.6) is 0 Å². The molecular formula is C14H24N2S. The molecule has 0 bridgehead atoms. The van der Waals surface area contributed by atoms with Crippen molar-refractivity contribution in [3.05, 3.63) is 29.8 Å². The zero-order chi connectivity index (χ0) is 12.5. The van der Waals surface area contributed by atoms with Crippen molar-refractivity contribution in [2.75, 3.05) is 38.0 Å². The van der Waals surface area contributed by atoms with E-state index in [2.05, 4.69) is 54.8 Å². The highest BCUT2D eigenvalue weighted by molar-refractivity contribution is 7.98. The van der Waals surface area contributed by atoms with Gasteiger partial charge in [0, 0.05) is 18.8 Å². The number of unbranched alkanes of at least 4 members (excludes halogenated alkanes) is 1. The average Bonchev–Trinajstić information content (AvgIpc) is 2.30. The summed E-state index contributed by atoms with van der Waals surface area (Å²) in [6.07, 6.45) is 4.71. The third-order valence-corrected chi connectivity index (χ3v) is 3.25. The number of thioether (sulfide) groups is 1. The van der Waals surface area contributed by atoms with E-state index in [4.69, 9.17) is 0 Å². The molecule has 0 fully saturated rings. The van der Waals surface area contributed by atoms with E-state index in [0.717, 1.165) is 13.1 Å². The molecular weight excluding hydrogens is 228 g/mol. The molecule has 0 unspecified atom stereocenters. The first-order chi connectivity index (χ1) is 8.22. The molecule has 96 valence electrons. The third kappa shape index (κ3) is 6.59. The van der Waals surface area contributed by atoms with Gasteiger partial charge in [-0.1, -0.05) is 12.1 Å². The van der Waals surface area contributed by atoms with E-state index in [1.54, 1.807) is 0 Å². The van der Waals surface area contributed by atoms with Gasteiger partial charge in [0.15, 0.2) is 0 Å². The summed E-state index contributed by atoms with van der Waals surface area (Å²) in [6.45, 7) is 2.08. The first kappa shape index (κ1) is 14.4. The predicted molar refractivity (Wildman–Crippen MR) is 79.9 cm³/mol. The van der Waals surface area contributed by atoms with Crippen LogP contribution in [-0.2, 0) is 6.54 Å². The summed E-state index contributed by atoms with van der Waals surface area (Å²) < 4.78 is 0. The number of hydrogen-bond acceptors (Lipinski definition) is 3. The summed E-state index contributed by atoms with van der Waals surface area (Å²) >= 11 is 1.92. The Morgan fingerprint density at radius 2 is 1.82 bits per heavy atom. The molecule has 0 heterocycles. The van der Waals surface area contributed by atoms with Gasteiger partial charge in [-0.2, -0.15) is 11.8 Å². The van der Waals surface area contributed by atoms with Crippen LogP contribution in [0, 0.1) is 0 Å². The van der Waals surface area contributed by atoms with Crippen LogP contribution in [0.3, 0.4) is 0 Å². The predicted octanol–water partition coefficient (Wildman–Crippen LogP) is 3.30. The van der Waals surface area contributed by atoms with Crippen LogP contribution in [0.1, 0.15) is 18.4 Å². The highest BCUT2D eigenvalue weighted by Gasteiger charge is 1.96. The zero-order valence-electron chi connectivity index (χ0n) is 11.2. The fourth-order valence-electron chi connectivity index (χ4n) is 1.70. The standard InChI is InChI=1S/C14H24N2S/c1-16(2)12-13-6-8-14(9-7-13)15-10-4-5-11-17-3/h6-9,15H,4-5,10-12H2,1-3H3. The Morgan fingerprint density at radius 3 is 2.41 bits per heavy atom. The van der Waals surface area contributed by atoms with Gasteiger partial charge in [-0.05, 0) is 56.6 Å². The second kappa shape index (κ2) is 8.43. The number of benzene rings is 1. The van der Waals surface area contributed by atoms with Gasteiger partial charge in [0.2, 0.25) is 0 Å². The summed E-state index contributed by atoms with van der Waals surface area (Å²) in [5.41, 5.74) is 2.60. The molecule has 0 amide bonds. The second-order valence-corrected chi connectivity index (χ2v) is 5.55. The monoisotopic (exact) mass is 252 g/mol. The molecule has 0 aliphatic heterocycles. The Bertz CT molecular complexity index is 296. The molecule has 17 heavy (non-hydrogen) atoms. The van der Waals surface area contributed by atoms with Crippen LogP contribution in [-0.4, -0.2) is 37.5 Å². The molecule has 0 aromatic heterocycles. The molecule has 0 aliphatic carbocycles. The van der Waals surface area contributed by atoms with Crippen molar-refractivity contribution in [2.45, 2.75) is 19.4 Å². The van der Waals surface area contributed by atoms with Crippen LogP contribution in [0.2, 0.25) is 0 Å². The zero-order valence-corrected chi connectivity index (χ0v) is 12.0. The van der Waals surface area contributed by atoms with E-state index in [0.29, 0.717) is 0 Å². The highest BCUT2D eigenvalue weighted by Crippen LogP contribution is 2.11. The van der Waals surface area contributed by atoms with Gasteiger partial charge in [-0.3, -0.25) is 0 Å². The van der Waals surface area contributed by atoms with Gasteiger partial charge in [0.1, 0.15) is 0 Å². The summed E-state index contributed by atoms with van der Waals surface area (Å²) in [5, 5.41) is 3.46. The molecule has 0 spiro atoms. The van der Waals surface area contributed by atoms with Gasteiger partial charge >= 0.3 is 0 Å². The molecule has 1 rings (SSSR count). The first-order valence-corrected chi connectivity index (χ1v) is 7.58. The van der Waals surface area contributed by atoms with Crippen LogP contribution in [0.15, 0.2) is 24.3 Å². The van der Waals surface area contributed by atoms with E-state index in [1.165, 1.54) is 29.8 Å². The minimum absolute atomic E-state index is 1.01. The molecule has 3 heteroatoms. The van der Waals surface area contributed by atoms with Crippen molar-refractivity contribution < 1.29 is 0 Å². The molecule has 0 saturated heterocycles. The lowest BCUT2D eigenvalue weighted by atomic mass is 10.2. The number of hydrogen-bond donors (Lipinski definition) is 1. The Balaban J connectivity index is 2.25. The number of anilines is 1. The topological polar surface area (TPSA) is 15.3 Å². The highest BCUT2D eigenvalue weighted by atomic mass is 32.2. The van der Waals surface area contributed by atoms with Crippen molar-refractivity contribution in [1.82, 2.24) is 4.90 Å². The number of nitrogens with zero attached hydrogens (tertiary/aromatic N) is 1. The minimum Gasteiger partial charge on any atom is -0.385 e. The largest absolute Gasteiger partial charge is 0.385 e. The Morgan fingerprint density at radius 1 is 1.12 bits per heavy atom. The van der Waals surface area contributed by atoms with Gasteiger partial charge in [-0.15, -0.1) is 0 Å².